The number of nitrogens with two attached hydrogens (primary N) is 1. The van der Waals surface area contributed by atoms with E-state index in [0.717, 1.165) is 11.0 Å². The van der Waals surface area contributed by atoms with Crippen molar-refractivity contribution in [2.75, 3.05) is 19.3 Å². The van der Waals surface area contributed by atoms with Crippen LogP contribution in [0.3, 0.4) is 0 Å². The topological polar surface area (TPSA) is 85.8 Å². The molecule has 0 saturated carbocycles. The maximum absolute atomic E-state index is 11.0. The van der Waals surface area contributed by atoms with E-state index in [9.17, 15) is 4.79 Å². The summed E-state index contributed by atoms with van der Waals surface area (Å²) in [4.78, 5) is 11.0. The third kappa shape index (κ3) is 3.49. The first-order chi connectivity index (χ1) is 7.69. The lowest BCUT2D eigenvalue weighted by Gasteiger charge is -2.05. The maximum atomic E-state index is 11.0. The highest BCUT2D eigenvalue weighted by Gasteiger charge is 2.09. The first-order valence-corrected chi connectivity index (χ1v) is 6.10. The molecule has 1 aromatic rings. The molecule has 0 atom stereocenters. The van der Waals surface area contributed by atoms with Crippen molar-refractivity contribution in [2.24, 2.45) is 5.73 Å². The van der Waals surface area contributed by atoms with E-state index in [0.29, 0.717) is 25.3 Å². The molecule has 0 spiro atoms. The number of carbonyl (C=O) groups is 1. The van der Waals surface area contributed by atoms with Gasteiger partial charge in [0.05, 0.1) is 0 Å². The van der Waals surface area contributed by atoms with Crippen molar-refractivity contribution in [1.29, 1.82) is 0 Å². The van der Waals surface area contributed by atoms with Crippen LogP contribution in [0.15, 0.2) is 5.16 Å². The second-order valence-electron chi connectivity index (χ2n) is 3.24. The van der Waals surface area contributed by atoms with Crippen molar-refractivity contribution >= 4 is 17.7 Å². The van der Waals surface area contributed by atoms with Crippen molar-refractivity contribution < 1.29 is 4.79 Å². The van der Waals surface area contributed by atoms with Crippen LogP contribution in [0.2, 0.25) is 0 Å². The van der Waals surface area contributed by atoms with Crippen LogP contribution in [-0.4, -0.2) is 40.0 Å². The molecule has 1 rings (SSSR count). The van der Waals surface area contributed by atoms with Crippen LogP contribution in [0.5, 0.6) is 0 Å². The minimum Gasteiger partial charge on any atom is -0.359 e. The number of hydrogen-bond donors (Lipinski definition) is 2. The number of nitrogens with zero attached hydrogens (tertiary/aromatic N) is 3. The van der Waals surface area contributed by atoms with Crippen molar-refractivity contribution in [3.05, 3.63) is 5.82 Å². The number of hydrogen-bond acceptors (Lipinski definition) is 5. The Balaban J connectivity index is 2.50. The molecule has 0 aliphatic carbocycles. The highest BCUT2D eigenvalue weighted by molar-refractivity contribution is 7.99. The summed E-state index contributed by atoms with van der Waals surface area (Å²) in [5.41, 5.74) is 5.51. The predicted molar refractivity (Wildman–Crippen MR) is 63.2 cm³/mol. The summed E-state index contributed by atoms with van der Waals surface area (Å²) in [7, 11) is 1.63. The molecule has 1 aromatic heterocycles. The molecule has 0 bridgehead atoms. The molecule has 6 nitrogen and oxygen atoms in total. The fraction of sp³-hybridized carbons (Fsp3) is 0.667. The Labute approximate surface area is 99.0 Å². The molecular formula is C9H17N5OS. The minimum atomic E-state index is 0.0362. The van der Waals surface area contributed by atoms with Crippen LogP contribution in [0.1, 0.15) is 12.2 Å². The summed E-state index contributed by atoms with van der Waals surface area (Å²) < 4.78 is 1.97. The van der Waals surface area contributed by atoms with Gasteiger partial charge in [-0.1, -0.05) is 11.8 Å². The number of thioether (sulfide) groups is 1. The van der Waals surface area contributed by atoms with E-state index in [1.165, 1.54) is 11.8 Å². The maximum Gasteiger partial charge on any atom is 0.220 e. The molecule has 0 aliphatic rings. The third-order valence-electron chi connectivity index (χ3n) is 2.09. The second kappa shape index (κ2) is 6.49. The van der Waals surface area contributed by atoms with Gasteiger partial charge in [0.2, 0.25) is 5.91 Å². The van der Waals surface area contributed by atoms with Crippen LogP contribution in [0, 0.1) is 6.92 Å². The minimum absolute atomic E-state index is 0.0362. The van der Waals surface area contributed by atoms with Crippen LogP contribution in [0.4, 0.5) is 0 Å². The zero-order valence-electron chi connectivity index (χ0n) is 9.56. The van der Waals surface area contributed by atoms with Gasteiger partial charge < -0.3 is 15.6 Å². The quantitative estimate of drug-likeness (QED) is 0.674. The lowest BCUT2D eigenvalue weighted by atomic mass is 10.5. The number of rotatable bonds is 6. The van der Waals surface area contributed by atoms with Crippen molar-refractivity contribution in [1.82, 2.24) is 20.1 Å². The predicted octanol–water partition coefficient (Wildman–Crippen LogP) is -0.227. The molecule has 0 fully saturated rings. The SMILES string of the molecule is CNC(=O)CCSc1nnc(C)n1CCN. The average Bonchev–Trinajstić information content (AvgIpc) is 2.62. The lowest BCUT2D eigenvalue weighted by Crippen LogP contribution is -2.18. The molecule has 1 amide bonds. The molecule has 7 heteroatoms. The van der Waals surface area contributed by atoms with Crippen molar-refractivity contribution in [2.45, 2.75) is 25.0 Å². The highest BCUT2D eigenvalue weighted by atomic mass is 32.2. The van der Waals surface area contributed by atoms with E-state index in [4.69, 9.17) is 5.73 Å². The Bertz CT molecular complexity index is 352. The number of amides is 1. The first kappa shape index (κ1) is 13.0. The average molecular weight is 243 g/mol. The van der Waals surface area contributed by atoms with Crippen LogP contribution >= 0.6 is 11.8 Å². The summed E-state index contributed by atoms with van der Waals surface area (Å²) >= 11 is 1.52. The van der Waals surface area contributed by atoms with E-state index in [-0.39, 0.29) is 5.91 Å². The number of aromatic nitrogens is 3. The summed E-state index contributed by atoms with van der Waals surface area (Å²) in [6, 6.07) is 0. The molecule has 90 valence electrons. The normalized spacial score (nSPS) is 10.4. The van der Waals surface area contributed by atoms with Crippen molar-refractivity contribution in [3.8, 4) is 0 Å². The molecule has 0 aromatic carbocycles. The smallest absolute Gasteiger partial charge is 0.220 e. The number of nitrogens with one attached hydrogen (secondary N) is 1. The van der Waals surface area contributed by atoms with E-state index < -0.39 is 0 Å². The number of aryl methyl sites for hydroxylation is 1. The van der Waals surface area contributed by atoms with Gasteiger partial charge in [-0.3, -0.25) is 4.79 Å². The second-order valence-corrected chi connectivity index (χ2v) is 4.30. The van der Waals surface area contributed by atoms with Gasteiger partial charge >= 0.3 is 0 Å². The Morgan fingerprint density at radius 3 is 2.94 bits per heavy atom. The van der Waals surface area contributed by atoms with E-state index in [2.05, 4.69) is 15.5 Å². The van der Waals surface area contributed by atoms with Gasteiger partial charge in [-0.25, -0.2) is 0 Å². The zero-order valence-corrected chi connectivity index (χ0v) is 10.4. The number of carbonyl (C=O) groups excluding carboxylic acids is 1. The molecular weight excluding hydrogens is 226 g/mol. The van der Waals surface area contributed by atoms with E-state index in [1.54, 1.807) is 7.05 Å². The van der Waals surface area contributed by atoms with Gasteiger partial charge in [-0.2, -0.15) is 0 Å². The standard InChI is InChI=1S/C9H17N5OS/c1-7-12-13-9(14(7)5-4-10)16-6-3-8(15)11-2/h3-6,10H2,1-2H3,(H,11,15). The van der Waals surface area contributed by atoms with Crippen molar-refractivity contribution in [3.63, 3.8) is 0 Å². The third-order valence-corrected chi connectivity index (χ3v) is 3.06. The van der Waals surface area contributed by atoms with Gasteiger partial charge in [0, 0.05) is 32.3 Å². The fourth-order valence-electron chi connectivity index (χ4n) is 1.21. The Hall–Kier alpha value is -1.08. The highest BCUT2D eigenvalue weighted by Crippen LogP contribution is 2.17. The summed E-state index contributed by atoms with van der Waals surface area (Å²) in [5.74, 6) is 1.59. The summed E-state index contributed by atoms with van der Waals surface area (Å²) in [6.07, 6.45) is 0.482. The van der Waals surface area contributed by atoms with Gasteiger partial charge in [0.25, 0.3) is 0 Å². The first-order valence-electron chi connectivity index (χ1n) is 5.12. The van der Waals surface area contributed by atoms with Crippen LogP contribution < -0.4 is 11.1 Å². The molecule has 0 saturated heterocycles. The lowest BCUT2D eigenvalue weighted by molar-refractivity contribution is -0.120. The largest absolute Gasteiger partial charge is 0.359 e. The molecule has 3 N–H and O–H groups in total. The molecule has 0 radical (unpaired) electrons. The van der Waals surface area contributed by atoms with E-state index >= 15 is 0 Å². The van der Waals surface area contributed by atoms with Gasteiger partial charge in [0.1, 0.15) is 5.82 Å². The molecule has 0 aliphatic heterocycles. The van der Waals surface area contributed by atoms with Gasteiger partial charge in [-0.05, 0) is 6.92 Å². The Kier molecular flexibility index (Phi) is 5.27. The molecule has 16 heavy (non-hydrogen) atoms. The Morgan fingerprint density at radius 1 is 1.56 bits per heavy atom. The monoisotopic (exact) mass is 243 g/mol. The molecule has 1 heterocycles. The summed E-state index contributed by atoms with van der Waals surface area (Å²) in [6.45, 7) is 3.16. The van der Waals surface area contributed by atoms with E-state index in [1.807, 2.05) is 11.5 Å². The van der Waals surface area contributed by atoms with Crippen LogP contribution in [-0.2, 0) is 11.3 Å². The van der Waals surface area contributed by atoms with Crippen LogP contribution in [0.25, 0.3) is 0 Å². The zero-order chi connectivity index (χ0) is 12.0. The Morgan fingerprint density at radius 2 is 2.31 bits per heavy atom. The van der Waals surface area contributed by atoms with Gasteiger partial charge in [-0.15, -0.1) is 10.2 Å². The molecule has 0 unspecified atom stereocenters. The summed E-state index contributed by atoms with van der Waals surface area (Å²) in [5, 5.41) is 11.4. The fourth-order valence-corrected chi connectivity index (χ4v) is 2.16. The van der Waals surface area contributed by atoms with Gasteiger partial charge in [0.15, 0.2) is 5.16 Å².